The van der Waals surface area contributed by atoms with Crippen LogP contribution in [0, 0.1) is 12.3 Å². The Morgan fingerprint density at radius 1 is 1.05 bits per heavy atom. The molecule has 1 aromatic carbocycles. The Kier molecular flexibility index (Phi) is 8.22. The average molecular weight is 562 g/mol. The number of ether oxygens (including phenoxy) is 1. The number of rotatable bonds is 6. The van der Waals surface area contributed by atoms with Crippen LogP contribution in [0.4, 0.5) is 17.3 Å². The second-order valence-corrected chi connectivity index (χ2v) is 12.5. The third-order valence-corrected chi connectivity index (χ3v) is 8.38. The molecule has 1 amide bonds. The first kappa shape index (κ1) is 28.9. The number of hydrogen-bond donors (Lipinski definition) is 2. The highest BCUT2D eigenvalue weighted by molar-refractivity contribution is 5.82. The average Bonchev–Trinajstić information content (AvgIpc) is 2.94. The predicted molar refractivity (Wildman–Crippen MR) is 163 cm³/mol. The number of methoxy groups -OCH3 is 1. The highest BCUT2D eigenvalue weighted by Crippen LogP contribution is 2.34. The van der Waals surface area contributed by atoms with E-state index in [9.17, 15) is 9.59 Å². The Balaban J connectivity index is 1.38. The van der Waals surface area contributed by atoms with E-state index in [2.05, 4.69) is 38.5 Å². The maximum atomic E-state index is 13.3. The van der Waals surface area contributed by atoms with Gasteiger partial charge in [0, 0.05) is 73.1 Å². The number of aryl methyl sites for hydroxylation is 1. The summed E-state index contributed by atoms with van der Waals surface area (Å²) in [6, 6.07) is 7.94. The van der Waals surface area contributed by atoms with E-state index in [0.717, 1.165) is 74.2 Å². The number of likely N-dealkylation sites (N-methyl/N-ethyl adjacent to an activating group) is 1. The Morgan fingerprint density at radius 2 is 1.76 bits per heavy atom. The predicted octanol–water partition coefficient (Wildman–Crippen LogP) is 4.25. The first-order valence-electron chi connectivity index (χ1n) is 14.6. The van der Waals surface area contributed by atoms with Gasteiger partial charge in [-0.1, -0.05) is 20.8 Å². The molecule has 3 heterocycles. The molecule has 0 radical (unpaired) electrons. The van der Waals surface area contributed by atoms with Crippen molar-refractivity contribution in [3.63, 3.8) is 0 Å². The number of pyridine rings is 1. The van der Waals surface area contributed by atoms with Crippen LogP contribution in [0.3, 0.4) is 0 Å². The van der Waals surface area contributed by atoms with Gasteiger partial charge in [0.1, 0.15) is 11.4 Å². The fourth-order valence-electron chi connectivity index (χ4n) is 5.73. The van der Waals surface area contributed by atoms with Crippen molar-refractivity contribution < 1.29 is 9.53 Å². The summed E-state index contributed by atoms with van der Waals surface area (Å²) in [5, 5.41) is 7.37. The number of carbonyl (C=O) groups is 1. The highest BCUT2D eigenvalue weighted by Gasteiger charge is 2.29. The second kappa shape index (κ2) is 11.7. The number of piperazine rings is 1. The molecule has 0 atom stereocenters. The summed E-state index contributed by atoms with van der Waals surface area (Å²) >= 11 is 0. The number of nitrogens with zero attached hydrogens (tertiary/aromatic N) is 5. The topological polar surface area (TPSA) is 105 Å². The van der Waals surface area contributed by atoms with Gasteiger partial charge in [-0.2, -0.15) is 4.98 Å². The van der Waals surface area contributed by atoms with Crippen LogP contribution in [0.2, 0.25) is 0 Å². The van der Waals surface area contributed by atoms with Gasteiger partial charge >= 0.3 is 0 Å². The molecule has 1 aliphatic carbocycles. The van der Waals surface area contributed by atoms with Crippen molar-refractivity contribution in [1.82, 2.24) is 24.8 Å². The molecule has 10 heteroatoms. The molecule has 2 aromatic heterocycles. The smallest absolute Gasteiger partial charge is 0.252 e. The second-order valence-electron chi connectivity index (χ2n) is 12.5. The van der Waals surface area contributed by atoms with Gasteiger partial charge in [0.05, 0.1) is 12.8 Å². The Labute approximate surface area is 242 Å². The van der Waals surface area contributed by atoms with Gasteiger partial charge in [-0.25, -0.2) is 4.98 Å². The van der Waals surface area contributed by atoms with Gasteiger partial charge in [-0.05, 0) is 57.4 Å². The van der Waals surface area contributed by atoms with Gasteiger partial charge in [-0.15, -0.1) is 0 Å². The van der Waals surface area contributed by atoms with Crippen molar-refractivity contribution in [2.75, 3.05) is 50.6 Å². The molecule has 220 valence electrons. The minimum Gasteiger partial charge on any atom is -0.494 e. The summed E-state index contributed by atoms with van der Waals surface area (Å²) in [6.07, 6.45) is 5.02. The fourth-order valence-corrected chi connectivity index (χ4v) is 5.73. The summed E-state index contributed by atoms with van der Waals surface area (Å²) in [6.45, 7) is 11.7. The Hall–Kier alpha value is -3.66. The van der Waals surface area contributed by atoms with Crippen molar-refractivity contribution in [3.05, 3.63) is 46.4 Å². The third-order valence-electron chi connectivity index (χ3n) is 8.38. The number of benzene rings is 1. The molecule has 1 saturated heterocycles. The zero-order valence-electron chi connectivity index (χ0n) is 25.2. The molecular weight excluding hydrogens is 518 g/mol. The van der Waals surface area contributed by atoms with E-state index in [1.807, 2.05) is 44.4 Å². The number of amides is 1. The Morgan fingerprint density at radius 3 is 2.41 bits per heavy atom. The molecule has 10 nitrogen and oxygen atoms in total. The molecule has 3 aromatic rings. The zero-order valence-corrected chi connectivity index (χ0v) is 25.2. The quantitative estimate of drug-likeness (QED) is 0.460. The molecule has 1 saturated carbocycles. The van der Waals surface area contributed by atoms with E-state index < -0.39 is 5.41 Å². The van der Waals surface area contributed by atoms with Crippen LogP contribution < -0.4 is 25.8 Å². The molecule has 2 N–H and O–H groups in total. The van der Waals surface area contributed by atoms with Crippen LogP contribution in [0.15, 0.2) is 35.3 Å². The van der Waals surface area contributed by atoms with Gasteiger partial charge in [-0.3, -0.25) is 14.2 Å². The molecule has 2 fully saturated rings. The van der Waals surface area contributed by atoms with Crippen molar-refractivity contribution in [1.29, 1.82) is 0 Å². The lowest BCUT2D eigenvalue weighted by atomic mass is 9.89. The van der Waals surface area contributed by atoms with Crippen molar-refractivity contribution in [2.45, 2.75) is 65.5 Å². The number of hydrogen-bond acceptors (Lipinski definition) is 8. The van der Waals surface area contributed by atoms with Crippen LogP contribution in [0.5, 0.6) is 5.75 Å². The van der Waals surface area contributed by atoms with Crippen LogP contribution in [-0.4, -0.2) is 71.7 Å². The van der Waals surface area contributed by atoms with Crippen molar-refractivity contribution >= 4 is 34.3 Å². The first-order chi connectivity index (χ1) is 19.5. The number of anilines is 3. The van der Waals surface area contributed by atoms with Gasteiger partial charge in [0.15, 0.2) is 0 Å². The fraction of sp³-hybridized carbons (Fsp3) is 0.548. The minimum atomic E-state index is -0.422. The van der Waals surface area contributed by atoms with Crippen molar-refractivity contribution in [3.8, 4) is 5.75 Å². The van der Waals surface area contributed by atoms with Crippen LogP contribution in [0.1, 0.15) is 58.1 Å². The van der Waals surface area contributed by atoms with E-state index in [-0.39, 0.29) is 23.6 Å². The largest absolute Gasteiger partial charge is 0.494 e. The molecule has 1 aliphatic heterocycles. The summed E-state index contributed by atoms with van der Waals surface area (Å²) in [5.74, 6) is 1.18. The van der Waals surface area contributed by atoms with Crippen LogP contribution in [0.25, 0.3) is 11.0 Å². The molecule has 5 rings (SSSR count). The minimum absolute atomic E-state index is 0.00791. The number of carbonyl (C=O) groups excluding carboxylic acids is 1. The lowest BCUT2D eigenvalue weighted by Crippen LogP contribution is -2.44. The van der Waals surface area contributed by atoms with Crippen LogP contribution in [-0.2, 0) is 4.79 Å². The number of aromatic nitrogens is 3. The SMILES string of the molecule is COc1cc(N2CCN(C)CC2)ccc1Nc1ncc2c(C)cc(=O)n(C3CCC(NC(=O)C(C)(C)C)CC3)c2n1. The zero-order chi connectivity index (χ0) is 29.3. The van der Waals surface area contributed by atoms with Crippen LogP contribution >= 0.6 is 0 Å². The maximum Gasteiger partial charge on any atom is 0.252 e. The lowest BCUT2D eigenvalue weighted by Gasteiger charge is -2.34. The maximum absolute atomic E-state index is 13.3. The van der Waals surface area contributed by atoms with Gasteiger partial charge in [0.25, 0.3) is 5.56 Å². The summed E-state index contributed by atoms with van der Waals surface area (Å²) in [7, 11) is 3.81. The monoisotopic (exact) mass is 561 g/mol. The molecule has 41 heavy (non-hydrogen) atoms. The standard InChI is InChI=1S/C31H43N7O3/c1-20-17-27(39)38(22-9-7-21(8-10-22)33-29(40)31(2,3)4)28-24(20)19-32-30(35-28)34-25-12-11-23(18-26(25)41-6)37-15-13-36(5)14-16-37/h11-12,17-19,21-22H,7-10,13-16H2,1-6H3,(H,33,40)(H,32,34,35). The van der Waals surface area contributed by atoms with Crippen molar-refractivity contribution in [2.24, 2.45) is 5.41 Å². The summed E-state index contributed by atoms with van der Waals surface area (Å²) in [4.78, 5) is 39.9. The van der Waals surface area contributed by atoms with E-state index in [4.69, 9.17) is 9.72 Å². The normalized spacial score (nSPS) is 20.2. The molecule has 0 spiro atoms. The van der Waals surface area contributed by atoms with Gasteiger partial charge < -0.3 is 25.2 Å². The molecule has 0 unspecified atom stereocenters. The number of fused-ring (bicyclic) bond motifs is 1. The third kappa shape index (κ3) is 6.32. The molecule has 0 bridgehead atoms. The van der Waals surface area contributed by atoms with E-state index in [1.165, 1.54) is 0 Å². The highest BCUT2D eigenvalue weighted by atomic mass is 16.5. The molecule has 2 aliphatic rings. The van der Waals surface area contributed by atoms with Gasteiger partial charge in [0.2, 0.25) is 11.9 Å². The van der Waals surface area contributed by atoms with E-state index in [0.29, 0.717) is 17.3 Å². The lowest BCUT2D eigenvalue weighted by molar-refractivity contribution is -0.129. The Bertz CT molecular complexity index is 1460. The summed E-state index contributed by atoms with van der Waals surface area (Å²) in [5.41, 5.74) is 2.89. The first-order valence-corrected chi connectivity index (χ1v) is 14.6. The van der Waals surface area contributed by atoms with E-state index >= 15 is 0 Å². The summed E-state index contributed by atoms with van der Waals surface area (Å²) < 4.78 is 7.56. The molecular formula is C31H43N7O3. The van der Waals surface area contributed by atoms with E-state index in [1.54, 1.807) is 19.4 Å². The number of nitrogens with one attached hydrogen (secondary N) is 2.